The van der Waals surface area contributed by atoms with Crippen molar-refractivity contribution < 1.29 is 9.18 Å². The summed E-state index contributed by atoms with van der Waals surface area (Å²) in [7, 11) is 14.6. The largest absolute Gasteiger partial charge is 0.369 e. The van der Waals surface area contributed by atoms with E-state index in [1.54, 1.807) is 12.4 Å². The molecular weight excluding hydrogens is 356 g/mol. The quantitative estimate of drug-likeness (QED) is 0.688. The van der Waals surface area contributed by atoms with E-state index in [1.165, 1.54) is 16.7 Å². The van der Waals surface area contributed by atoms with Crippen molar-refractivity contribution in [1.82, 2.24) is 14.8 Å². The Labute approximate surface area is 149 Å². The van der Waals surface area contributed by atoms with Crippen LogP contribution in [0.2, 0.25) is 0 Å². The molecule has 0 bridgehead atoms. The highest BCUT2D eigenvalue weighted by Gasteiger charge is 2.33. The lowest BCUT2D eigenvalue weighted by atomic mass is 10.0. The van der Waals surface area contributed by atoms with E-state index in [9.17, 15) is 9.18 Å². The van der Waals surface area contributed by atoms with Crippen LogP contribution in [0, 0.1) is 0 Å². The molecule has 2 radical (unpaired) electrons. The zero-order valence-electron chi connectivity index (χ0n) is 12.6. The number of thioether (sulfide) groups is 1. The molecule has 1 atom stereocenters. The minimum Gasteiger partial charge on any atom is -0.369 e. The maximum absolute atomic E-state index is 12.9. The van der Waals surface area contributed by atoms with Crippen molar-refractivity contribution in [3.63, 3.8) is 0 Å². The number of amides is 1. The first-order valence-corrected chi connectivity index (χ1v) is 9.68. The van der Waals surface area contributed by atoms with Crippen molar-refractivity contribution in [2.24, 2.45) is 0 Å². The number of rotatable bonds is 7. The Hall–Kier alpha value is -0.855. The molecular formula is C14H16BClFN3OS2. The summed E-state index contributed by atoms with van der Waals surface area (Å²) >= 11 is 1.43. The molecule has 0 saturated carbocycles. The van der Waals surface area contributed by atoms with Gasteiger partial charge in [0, 0.05) is 37.2 Å². The van der Waals surface area contributed by atoms with Crippen molar-refractivity contribution in [2.75, 3.05) is 26.0 Å². The van der Waals surface area contributed by atoms with Crippen molar-refractivity contribution >= 4 is 47.2 Å². The van der Waals surface area contributed by atoms with Crippen molar-refractivity contribution in [1.29, 1.82) is 0 Å². The molecule has 9 heteroatoms. The van der Waals surface area contributed by atoms with Gasteiger partial charge in [-0.2, -0.15) is 0 Å². The molecule has 0 N–H and O–H groups in total. The third kappa shape index (κ3) is 4.36. The van der Waals surface area contributed by atoms with Gasteiger partial charge >= 0.3 is 0 Å². The molecule has 1 aliphatic heterocycles. The highest BCUT2D eigenvalue weighted by atomic mass is 35.7. The first-order valence-electron chi connectivity index (χ1n) is 6.99. The van der Waals surface area contributed by atoms with Crippen molar-refractivity contribution in [2.45, 2.75) is 11.8 Å². The van der Waals surface area contributed by atoms with E-state index >= 15 is 0 Å². The zero-order chi connectivity index (χ0) is 16.8. The fourth-order valence-electron chi connectivity index (χ4n) is 2.22. The Balaban J connectivity index is 2.20. The third-order valence-electron chi connectivity index (χ3n) is 3.39. The first kappa shape index (κ1) is 18.5. The lowest BCUT2D eigenvalue weighted by Gasteiger charge is -2.23. The van der Waals surface area contributed by atoms with Crippen LogP contribution >= 0.6 is 33.4 Å². The molecule has 1 unspecified atom stereocenters. The normalized spacial score (nSPS) is 17.7. The van der Waals surface area contributed by atoms with Crippen LogP contribution in [0.1, 0.15) is 17.4 Å². The van der Waals surface area contributed by atoms with Gasteiger partial charge in [0.25, 0.3) is 0 Å². The van der Waals surface area contributed by atoms with Gasteiger partial charge in [0.2, 0.25) is 5.91 Å². The average Bonchev–Trinajstić information content (AvgIpc) is 2.87. The third-order valence-corrected chi connectivity index (χ3v) is 5.68. The Bertz CT molecular complexity index is 578. The van der Waals surface area contributed by atoms with Gasteiger partial charge in [0.1, 0.15) is 19.9 Å². The number of nitrogens with zero attached hydrogens (tertiary/aromatic N) is 3. The van der Waals surface area contributed by atoms with Crippen LogP contribution < -0.4 is 0 Å². The Kier molecular flexibility index (Phi) is 7.11. The second-order valence-corrected chi connectivity index (χ2v) is 7.21. The van der Waals surface area contributed by atoms with Gasteiger partial charge in [-0.05, 0) is 22.3 Å². The molecule has 0 saturated heterocycles. The molecule has 1 amide bonds. The van der Waals surface area contributed by atoms with E-state index < -0.39 is 6.67 Å². The van der Waals surface area contributed by atoms with E-state index in [2.05, 4.69) is 4.98 Å². The van der Waals surface area contributed by atoms with Crippen molar-refractivity contribution in [3.05, 3.63) is 40.7 Å². The standard InChI is InChI=1S/C14H16BClFN3OS2/c1-19-12(15)14(20(7-5-17)11(21)4-8-22-16)23-13(19)10-3-2-6-18-9-10/h2-3,6,9,13H,4-5,7-8H2,1H3. The monoisotopic (exact) mass is 371 g/mol. The summed E-state index contributed by atoms with van der Waals surface area (Å²) in [5, 5.41) is 0.500. The molecule has 0 spiro atoms. The summed E-state index contributed by atoms with van der Waals surface area (Å²) in [6, 6.07) is 3.79. The van der Waals surface area contributed by atoms with Crippen LogP contribution in [0.25, 0.3) is 0 Å². The number of alkyl halides is 1. The van der Waals surface area contributed by atoms with E-state index in [1.807, 2.05) is 24.1 Å². The van der Waals surface area contributed by atoms with Crippen LogP contribution in [0.3, 0.4) is 0 Å². The topological polar surface area (TPSA) is 36.4 Å². The van der Waals surface area contributed by atoms with Crippen LogP contribution in [0.4, 0.5) is 4.39 Å². The van der Waals surface area contributed by atoms with Gasteiger partial charge in [-0.3, -0.25) is 9.78 Å². The number of aromatic nitrogens is 1. The van der Waals surface area contributed by atoms with Gasteiger partial charge in [-0.15, -0.1) is 0 Å². The molecule has 1 aromatic rings. The van der Waals surface area contributed by atoms with E-state index in [-0.39, 0.29) is 24.2 Å². The number of carbonyl (C=O) groups is 1. The molecule has 1 aromatic heterocycles. The van der Waals surface area contributed by atoms with Crippen LogP contribution in [-0.2, 0) is 4.79 Å². The molecule has 23 heavy (non-hydrogen) atoms. The number of hydrogen-bond acceptors (Lipinski definition) is 5. The second kappa shape index (κ2) is 8.85. The molecule has 1 aliphatic rings. The number of pyridine rings is 1. The van der Waals surface area contributed by atoms with E-state index in [0.29, 0.717) is 16.4 Å². The highest BCUT2D eigenvalue weighted by Crippen LogP contribution is 2.46. The van der Waals surface area contributed by atoms with Crippen LogP contribution in [-0.4, -0.2) is 54.6 Å². The zero-order valence-corrected chi connectivity index (χ0v) is 15.0. The fourth-order valence-corrected chi connectivity index (χ4v) is 4.05. The second-order valence-electron chi connectivity index (χ2n) is 4.86. The summed E-state index contributed by atoms with van der Waals surface area (Å²) in [6.45, 7) is -0.638. The molecule has 0 aliphatic carbocycles. The molecule has 2 heterocycles. The number of carbonyl (C=O) groups excluding carboxylic acids is 1. The number of hydrogen-bond donors (Lipinski definition) is 0. The van der Waals surface area contributed by atoms with Crippen LogP contribution in [0.15, 0.2) is 35.2 Å². The Morgan fingerprint density at radius 3 is 3.04 bits per heavy atom. The highest BCUT2D eigenvalue weighted by molar-refractivity contribution is 8.21. The summed E-state index contributed by atoms with van der Waals surface area (Å²) in [5.41, 5.74) is 1.44. The molecule has 2 rings (SSSR count). The Morgan fingerprint density at radius 1 is 1.65 bits per heavy atom. The SMILES string of the molecule is [B]C1=C(N(CCF)C(=O)CCSCl)SC(c2cccnc2)N1C. The lowest BCUT2D eigenvalue weighted by Crippen LogP contribution is -2.32. The molecule has 122 valence electrons. The van der Waals surface area contributed by atoms with Gasteiger partial charge in [0.05, 0.1) is 11.6 Å². The lowest BCUT2D eigenvalue weighted by molar-refractivity contribution is -0.128. The number of halogens is 2. The predicted molar refractivity (Wildman–Crippen MR) is 95.7 cm³/mol. The van der Waals surface area contributed by atoms with Crippen LogP contribution in [0.5, 0.6) is 0 Å². The summed E-state index contributed by atoms with van der Waals surface area (Å²) < 4.78 is 12.9. The van der Waals surface area contributed by atoms with Crippen molar-refractivity contribution in [3.8, 4) is 0 Å². The summed E-state index contributed by atoms with van der Waals surface area (Å²) in [5.74, 6) is 0.296. The minimum atomic E-state index is -0.627. The van der Waals surface area contributed by atoms with Gasteiger partial charge < -0.3 is 9.80 Å². The summed E-state index contributed by atoms with van der Waals surface area (Å²) in [6.07, 6.45) is 3.70. The fraction of sp³-hybridized carbons (Fsp3) is 0.429. The van der Waals surface area contributed by atoms with Gasteiger partial charge in [-0.1, -0.05) is 28.8 Å². The maximum Gasteiger partial charge on any atom is 0.228 e. The summed E-state index contributed by atoms with van der Waals surface area (Å²) in [4.78, 5) is 19.7. The molecule has 4 nitrogen and oxygen atoms in total. The smallest absolute Gasteiger partial charge is 0.228 e. The molecule has 0 fully saturated rings. The predicted octanol–water partition coefficient (Wildman–Crippen LogP) is 3.13. The Morgan fingerprint density at radius 2 is 2.43 bits per heavy atom. The van der Waals surface area contributed by atoms with E-state index in [4.69, 9.17) is 18.5 Å². The van der Waals surface area contributed by atoms with Gasteiger partial charge in [-0.25, -0.2) is 4.39 Å². The molecule has 0 aromatic carbocycles. The average molecular weight is 372 g/mol. The van der Waals surface area contributed by atoms with Gasteiger partial charge in [0.15, 0.2) is 0 Å². The first-order chi connectivity index (χ1) is 11.1. The minimum absolute atomic E-state index is 0.0115. The maximum atomic E-state index is 12.9. The van der Waals surface area contributed by atoms with E-state index in [0.717, 1.165) is 16.5 Å².